The SMILES string of the molecule is N=C(/C=C\C(=N)c1ccc(-c2ccc3ccccc3c2-c2cccc(-c3cccc(-c4nc5ccc(-c6ccccc6)cc5o4)c3)c2)cc1)c1ccccc1. The molecule has 0 saturated heterocycles. The van der Waals surface area contributed by atoms with E-state index in [0.29, 0.717) is 17.3 Å². The van der Waals surface area contributed by atoms with Crippen molar-refractivity contribution in [1.29, 1.82) is 10.8 Å². The number of oxazole rings is 1. The van der Waals surface area contributed by atoms with Crippen LogP contribution in [0.4, 0.5) is 0 Å². The molecule has 2 N–H and O–H groups in total. The zero-order chi connectivity index (χ0) is 37.1. The van der Waals surface area contributed by atoms with E-state index in [2.05, 4.69) is 115 Å². The summed E-state index contributed by atoms with van der Waals surface area (Å²) in [5, 5.41) is 19.4. The summed E-state index contributed by atoms with van der Waals surface area (Å²) >= 11 is 0. The minimum atomic E-state index is 0.357. The van der Waals surface area contributed by atoms with Crippen LogP contribution in [-0.2, 0) is 0 Å². The van der Waals surface area contributed by atoms with Crippen molar-refractivity contribution in [1.82, 2.24) is 4.98 Å². The first kappa shape index (κ1) is 33.4. The maximum atomic E-state index is 8.70. The molecule has 0 bridgehead atoms. The summed E-state index contributed by atoms with van der Waals surface area (Å²) in [5.74, 6) is 0.594. The van der Waals surface area contributed by atoms with E-state index in [0.717, 1.165) is 72.3 Å². The van der Waals surface area contributed by atoms with Gasteiger partial charge in [-0.3, -0.25) is 0 Å². The molecule has 0 atom stereocenters. The van der Waals surface area contributed by atoms with Gasteiger partial charge in [0.25, 0.3) is 0 Å². The van der Waals surface area contributed by atoms with Crippen LogP contribution in [0.25, 0.3) is 77.8 Å². The molecule has 0 aliphatic rings. The van der Waals surface area contributed by atoms with Crippen molar-refractivity contribution in [3.05, 3.63) is 211 Å². The van der Waals surface area contributed by atoms with Crippen LogP contribution < -0.4 is 0 Å². The summed E-state index contributed by atoms with van der Waals surface area (Å²) in [4.78, 5) is 4.85. The van der Waals surface area contributed by atoms with E-state index in [1.807, 2.05) is 72.8 Å². The van der Waals surface area contributed by atoms with Crippen molar-refractivity contribution < 1.29 is 4.42 Å². The molecular weight excluding hydrogens is 671 g/mol. The second-order valence-corrected chi connectivity index (χ2v) is 13.5. The van der Waals surface area contributed by atoms with Gasteiger partial charge in [0.1, 0.15) is 5.52 Å². The molecule has 0 saturated carbocycles. The van der Waals surface area contributed by atoms with E-state index in [9.17, 15) is 0 Å². The smallest absolute Gasteiger partial charge is 0.227 e. The highest BCUT2D eigenvalue weighted by atomic mass is 16.3. The van der Waals surface area contributed by atoms with E-state index in [1.54, 1.807) is 12.2 Å². The third-order valence-electron chi connectivity index (χ3n) is 10.0. The van der Waals surface area contributed by atoms with Crippen LogP contribution in [0.3, 0.4) is 0 Å². The summed E-state index contributed by atoms with van der Waals surface area (Å²) in [6, 6.07) is 64.2. The zero-order valence-electron chi connectivity index (χ0n) is 29.9. The molecule has 0 spiro atoms. The van der Waals surface area contributed by atoms with Crippen LogP contribution in [0.15, 0.2) is 205 Å². The lowest BCUT2D eigenvalue weighted by atomic mass is 9.88. The average molecular weight is 706 g/mol. The molecule has 0 unspecified atom stereocenters. The van der Waals surface area contributed by atoms with Crippen molar-refractivity contribution in [2.24, 2.45) is 0 Å². The molecule has 1 heterocycles. The number of rotatable bonds is 9. The number of nitrogens with one attached hydrogen (secondary N) is 2. The van der Waals surface area contributed by atoms with Crippen LogP contribution in [0.2, 0.25) is 0 Å². The third-order valence-corrected chi connectivity index (χ3v) is 10.0. The Hall–Kier alpha value is -7.43. The van der Waals surface area contributed by atoms with Crippen LogP contribution >= 0.6 is 0 Å². The monoisotopic (exact) mass is 705 g/mol. The Bertz CT molecular complexity index is 2890. The molecule has 55 heavy (non-hydrogen) atoms. The lowest BCUT2D eigenvalue weighted by Crippen LogP contribution is -1.98. The molecule has 260 valence electrons. The van der Waals surface area contributed by atoms with Crippen molar-refractivity contribution in [3.8, 4) is 56.0 Å². The van der Waals surface area contributed by atoms with Gasteiger partial charge in [0.05, 0.1) is 11.4 Å². The molecule has 4 heteroatoms. The van der Waals surface area contributed by atoms with E-state index in [4.69, 9.17) is 20.2 Å². The van der Waals surface area contributed by atoms with Gasteiger partial charge in [0.2, 0.25) is 5.89 Å². The standard InChI is InChI=1S/C51H35N3O/c52-46(37-14-5-2-6-15-37)28-29-47(53)38-23-21-36(22-24-38)45-27-25-35-13-7-8-20-44(35)50(45)42-18-9-16-39(31-42)40-17-10-19-43(32-40)51-54-48-30-26-41(33-49(48)55-51)34-11-3-1-4-12-34/h1-33,52-53H/b29-28-,52-46?,53-47?. The molecule has 0 aliphatic heterocycles. The number of fused-ring (bicyclic) bond motifs is 2. The molecule has 8 aromatic carbocycles. The summed E-state index contributed by atoms with van der Waals surface area (Å²) < 4.78 is 6.34. The Labute approximate surface area is 319 Å². The quantitative estimate of drug-likeness (QED) is 0.147. The fourth-order valence-electron chi connectivity index (χ4n) is 7.17. The lowest BCUT2D eigenvalue weighted by molar-refractivity contribution is 0.620. The number of allylic oxidation sites excluding steroid dienone is 2. The lowest BCUT2D eigenvalue weighted by Gasteiger charge is -2.16. The average Bonchev–Trinajstić information content (AvgIpc) is 3.70. The van der Waals surface area contributed by atoms with Crippen molar-refractivity contribution in [2.75, 3.05) is 0 Å². The van der Waals surface area contributed by atoms with Gasteiger partial charge in [-0.25, -0.2) is 4.98 Å². The Morgan fingerprint density at radius 2 is 1.00 bits per heavy atom. The number of hydrogen-bond acceptors (Lipinski definition) is 4. The highest BCUT2D eigenvalue weighted by molar-refractivity contribution is 6.14. The molecule has 1 aromatic heterocycles. The van der Waals surface area contributed by atoms with Crippen LogP contribution in [0.5, 0.6) is 0 Å². The molecule has 9 aromatic rings. The fraction of sp³-hybridized carbons (Fsp3) is 0. The first-order chi connectivity index (χ1) is 27.1. The van der Waals surface area contributed by atoms with Crippen LogP contribution in [0, 0.1) is 10.8 Å². The Morgan fingerprint density at radius 3 is 1.75 bits per heavy atom. The van der Waals surface area contributed by atoms with Gasteiger partial charge in [-0.05, 0) is 109 Å². The summed E-state index contributed by atoms with van der Waals surface area (Å²) in [5.41, 5.74) is 13.7. The number of hydrogen-bond donors (Lipinski definition) is 2. The Morgan fingerprint density at radius 1 is 0.436 bits per heavy atom. The molecule has 9 rings (SSSR count). The van der Waals surface area contributed by atoms with Gasteiger partial charge in [0.15, 0.2) is 5.58 Å². The number of aromatic nitrogens is 1. The Kier molecular flexibility index (Phi) is 8.83. The van der Waals surface area contributed by atoms with Gasteiger partial charge < -0.3 is 15.2 Å². The summed E-state index contributed by atoms with van der Waals surface area (Å²) in [6.45, 7) is 0. The molecule has 0 aliphatic carbocycles. The predicted octanol–water partition coefficient (Wildman–Crippen LogP) is 13.3. The highest BCUT2D eigenvalue weighted by Crippen LogP contribution is 2.40. The van der Waals surface area contributed by atoms with Crippen molar-refractivity contribution in [2.45, 2.75) is 0 Å². The second kappa shape index (κ2) is 14.5. The zero-order valence-corrected chi connectivity index (χ0v) is 29.9. The van der Waals surface area contributed by atoms with Gasteiger partial charge >= 0.3 is 0 Å². The minimum absolute atomic E-state index is 0.357. The first-order valence-electron chi connectivity index (χ1n) is 18.3. The van der Waals surface area contributed by atoms with Crippen molar-refractivity contribution in [3.63, 3.8) is 0 Å². The normalized spacial score (nSPS) is 11.3. The predicted molar refractivity (Wildman–Crippen MR) is 228 cm³/mol. The van der Waals surface area contributed by atoms with Gasteiger partial charge in [-0.1, -0.05) is 158 Å². The molecular formula is C51H35N3O. The van der Waals surface area contributed by atoms with Crippen LogP contribution in [0.1, 0.15) is 11.1 Å². The van der Waals surface area contributed by atoms with E-state index in [-0.39, 0.29) is 0 Å². The topological polar surface area (TPSA) is 73.7 Å². The van der Waals surface area contributed by atoms with Gasteiger partial charge in [-0.2, -0.15) is 0 Å². The molecule has 4 nitrogen and oxygen atoms in total. The van der Waals surface area contributed by atoms with E-state index < -0.39 is 0 Å². The largest absolute Gasteiger partial charge is 0.436 e. The fourth-order valence-corrected chi connectivity index (χ4v) is 7.17. The van der Waals surface area contributed by atoms with Crippen molar-refractivity contribution >= 4 is 33.3 Å². The van der Waals surface area contributed by atoms with Gasteiger partial charge in [-0.15, -0.1) is 0 Å². The number of benzene rings is 8. The van der Waals surface area contributed by atoms with E-state index >= 15 is 0 Å². The summed E-state index contributed by atoms with van der Waals surface area (Å²) in [6.07, 6.45) is 3.38. The number of nitrogens with zero attached hydrogens (tertiary/aromatic N) is 1. The van der Waals surface area contributed by atoms with Crippen LogP contribution in [-0.4, -0.2) is 16.4 Å². The highest BCUT2D eigenvalue weighted by Gasteiger charge is 2.15. The minimum Gasteiger partial charge on any atom is -0.436 e. The summed E-state index contributed by atoms with van der Waals surface area (Å²) in [7, 11) is 0. The second-order valence-electron chi connectivity index (χ2n) is 13.5. The molecule has 0 radical (unpaired) electrons. The maximum Gasteiger partial charge on any atom is 0.227 e. The third kappa shape index (κ3) is 6.81. The van der Waals surface area contributed by atoms with E-state index in [1.165, 1.54) is 10.8 Å². The Balaban J connectivity index is 1.04. The first-order valence-corrected chi connectivity index (χ1v) is 18.3. The molecule has 0 fully saturated rings. The van der Waals surface area contributed by atoms with Gasteiger partial charge in [0, 0.05) is 5.56 Å². The maximum absolute atomic E-state index is 8.70. The molecule has 0 amide bonds.